The van der Waals surface area contributed by atoms with E-state index in [1.807, 2.05) is 20.8 Å². The first-order valence-electron chi connectivity index (χ1n) is 9.52. The zero-order valence-electron chi connectivity index (χ0n) is 15.7. The first-order valence-corrected chi connectivity index (χ1v) is 10.3. The first-order chi connectivity index (χ1) is 12.6. The monoisotopic (exact) mass is 374 g/mol. The molecule has 6 nitrogen and oxygen atoms in total. The van der Waals surface area contributed by atoms with Gasteiger partial charge in [-0.2, -0.15) is 0 Å². The van der Waals surface area contributed by atoms with Crippen LogP contribution in [0.5, 0.6) is 0 Å². The van der Waals surface area contributed by atoms with Crippen LogP contribution in [0.1, 0.15) is 47.2 Å². The van der Waals surface area contributed by atoms with Crippen molar-refractivity contribution in [3.8, 4) is 0 Å². The summed E-state index contributed by atoms with van der Waals surface area (Å²) in [4.78, 5) is 28.3. The average molecular weight is 375 g/mol. The van der Waals surface area contributed by atoms with E-state index in [0.717, 1.165) is 47.1 Å². The highest BCUT2D eigenvalue weighted by Crippen LogP contribution is 2.37. The Bertz CT molecular complexity index is 835. The number of piperidine rings is 1. The molecule has 4 heterocycles. The van der Waals surface area contributed by atoms with E-state index < -0.39 is 0 Å². The Morgan fingerprint density at radius 1 is 1.23 bits per heavy atom. The van der Waals surface area contributed by atoms with Gasteiger partial charge in [0.1, 0.15) is 21.3 Å². The van der Waals surface area contributed by atoms with Crippen LogP contribution >= 0.6 is 11.3 Å². The molecule has 0 aromatic carbocycles. The van der Waals surface area contributed by atoms with Gasteiger partial charge in [0, 0.05) is 25.7 Å². The number of piperazine rings is 1. The smallest absolute Gasteiger partial charge is 0.348 e. The number of carbonyl (C=O) groups excluding carboxylic acids is 1. The molecule has 2 aromatic rings. The molecule has 0 aliphatic carbocycles. The molecule has 7 heteroatoms. The van der Waals surface area contributed by atoms with Crippen LogP contribution in [0.4, 0.5) is 5.82 Å². The van der Waals surface area contributed by atoms with Gasteiger partial charge in [0.15, 0.2) is 0 Å². The third-order valence-corrected chi connectivity index (χ3v) is 6.65. The van der Waals surface area contributed by atoms with Crippen molar-refractivity contribution in [3.05, 3.63) is 16.3 Å². The summed E-state index contributed by atoms with van der Waals surface area (Å²) < 4.78 is 5.23. The standard InChI is InChI=1S/C19H26N4O2S/c1-4-25-19(24)16-12(2)15-17(20-13(3)21-18(15)26-16)23-10-9-22-8-6-5-7-14(22)11-23/h14H,4-11H2,1-3H3. The SMILES string of the molecule is CCOC(=O)c1sc2nc(C)nc(N3CCN4CCCCC4C3)c2c1C. The summed E-state index contributed by atoms with van der Waals surface area (Å²) in [6.07, 6.45) is 3.90. The number of aromatic nitrogens is 2. The molecule has 0 N–H and O–H groups in total. The molecule has 4 rings (SSSR count). The van der Waals surface area contributed by atoms with Crippen molar-refractivity contribution >= 4 is 33.3 Å². The summed E-state index contributed by atoms with van der Waals surface area (Å²) in [5, 5.41) is 1.02. The number of rotatable bonds is 3. The van der Waals surface area contributed by atoms with Crippen molar-refractivity contribution in [2.45, 2.75) is 46.1 Å². The lowest BCUT2D eigenvalue weighted by Gasteiger charge is -2.44. The van der Waals surface area contributed by atoms with E-state index in [0.29, 0.717) is 17.5 Å². The highest BCUT2D eigenvalue weighted by Gasteiger charge is 2.31. The highest BCUT2D eigenvalue weighted by molar-refractivity contribution is 7.20. The van der Waals surface area contributed by atoms with E-state index in [2.05, 4.69) is 14.8 Å². The summed E-state index contributed by atoms with van der Waals surface area (Å²) in [5.41, 5.74) is 0.949. The Balaban J connectivity index is 1.73. The van der Waals surface area contributed by atoms with Gasteiger partial charge in [-0.25, -0.2) is 14.8 Å². The highest BCUT2D eigenvalue weighted by atomic mass is 32.1. The molecule has 1 unspecified atom stereocenters. The number of aryl methyl sites for hydroxylation is 2. The number of fused-ring (bicyclic) bond motifs is 2. The van der Waals surface area contributed by atoms with Crippen LogP contribution in [0.25, 0.3) is 10.2 Å². The quantitative estimate of drug-likeness (QED) is 0.769. The average Bonchev–Trinajstić information content (AvgIpc) is 2.97. The molecule has 0 amide bonds. The van der Waals surface area contributed by atoms with Crippen molar-refractivity contribution in [2.24, 2.45) is 0 Å². The Kier molecular flexibility index (Phi) is 4.84. The van der Waals surface area contributed by atoms with Gasteiger partial charge in [-0.3, -0.25) is 4.90 Å². The Morgan fingerprint density at radius 3 is 2.88 bits per heavy atom. The predicted octanol–water partition coefficient (Wildman–Crippen LogP) is 3.16. The molecule has 0 saturated carbocycles. The molecule has 26 heavy (non-hydrogen) atoms. The predicted molar refractivity (Wildman–Crippen MR) is 104 cm³/mol. The lowest BCUT2D eigenvalue weighted by molar-refractivity contribution is 0.0531. The van der Waals surface area contributed by atoms with Gasteiger partial charge in [-0.15, -0.1) is 11.3 Å². The van der Waals surface area contributed by atoms with Crippen LogP contribution in [-0.2, 0) is 4.74 Å². The summed E-state index contributed by atoms with van der Waals surface area (Å²) in [6, 6.07) is 0.617. The summed E-state index contributed by atoms with van der Waals surface area (Å²) in [7, 11) is 0. The van der Waals surface area contributed by atoms with E-state index in [9.17, 15) is 4.79 Å². The number of hydrogen-bond acceptors (Lipinski definition) is 7. The number of ether oxygens (including phenoxy) is 1. The number of hydrogen-bond donors (Lipinski definition) is 0. The number of esters is 1. The Labute approximate surface area is 158 Å². The third-order valence-electron chi connectivity index (χ3n) is 5.48. The second kappa shape index (κ2) is 7.12. The van der Waals surface area contributed by atoms with Crippen LogP contribution in [0.3, 0.4) is 0 Å². The minimum Gasteiger partial charge on any atom is -0.462 e. The maximum Gasteiger partial charge on any atom is 0.348 e. The number of carbonyl (C=O) groups is 1. The fourth-order valence-electron chi connectivity index (χ4n) is 4.19. The number of nitrogens with zero attached hydrogens (tertiary/aromatic N) is 4. The molecular weight excluding hydrogens is 348 g/mol. The lowest BCUT2D eigenvalue weighted by atomic mass is 9.99. The third kappa shape index (κ3) is 3.07. The van der Waals surface area contributed by atoms with Crippen LogP contribution in [0.15, 0.2) is 0 Å². The van der Waals surface area contributed by atoms with Crippen molar-refractivity contribution in [1.29, 1.82) is 0 Å². The van der Waals surface area contributed by atoms with E-state index in [1.165, 1.54) is 37.1 Å². The molecular formula is C19H26N4O2S. The molecule has 140 valence electrons. The number of anilines is 1. The molecule has 0 spiro atoms. The van der Waals surface area contributed by atoms with Gasteiger partial charge in [-0.05, 0) is 45.7 Å². The van der Waals surface area contributed by atoms with Crippen molar-refractivity contribution < 1.29 is 9.53 Å². The summed E-state index contributed by atoms with van der Waals surface area (Å²) >= 11 is 1.42. The minimum atomic E-state index is -0.256. The van der Waals surface area contributed by atoms with Gasteiger partial charge in [0.05, 0.1) is 12.0 Å². The fourth-order valence-corrected chi connectivity index (χ4v) is 5.30. The molecule has 0 bridgehead atoms. The van der Waals surface area contributed by atoms with Crippen LogP contribution in [0, 0.1) is 13.8 Å². The Hall–Kier alpha value is -1.73. The first kappa shape index (κ1) is 17.7. The van der Waals surface area contributed by atoms with Crippen LogP contribution in [0.2, 0.25) is 0 Å². The largest absolute Gasteiger partial charge is 0.462 e. The minimum absolute atomic E-state index is 0.256. The van der Waals surface area contributed by atoms with Crippen LogP contribution < -0.4 is 4.90 Å². The second-order valence-electron chi connectivity index (χ2n) is 7.18. The van der Waals surface area contributed by atoms with Crippen molar-refractivity contribution in [3.63, 3.8) is 0 Å². The molecule has 2 aromatic heterocycles. The van der Waals surface area contributed by atoms with Crippen molar-refractivity contribution in [2.75, 3.05) is 37.7 Å². The number of thiophene rings is 1. The van der Waals surface area contributed by atoms with Gasteiger partial charge in [0.2, 0.25) is 0 Å². The van der Waals surface area contributed by atoms with Gasteiger partial charge in [-0.1, -0.05) is 6.42 Å². The normalized spacial score (nSPS) is 21.0. The van der Waals surface area contributed by atoms with Gasteiger partial charge in [0.25, 0.3) is 0 Å². The summed E-state index contributed by atoms with van der Waals surface area (Å²) in [5.74, 6) is 1.49. The maximum absolute atomic E-state index is 12.3. The Morgan fingerprint density at radius 2 is 2.08 bits per heavy atom. The second-order valence-corrected chi connectivity index (χ2v) is 8.18. The summed E-state index contributed by atoms with van der Waals surface area (Å²) in [6.45, 7) is 10.4. The molecule has 2 aliphatic rings. The zero-order valence-corrected chi connectivity index (χ0v) is 16.6. The van der Waals surface area contributed by atoms with Gasteiger partial charge >= 0.3 is 5.97 Å². The molecule has 2 saturated heterocycles. The lowest BCUT2D eigenvalue weighted by Crippen LogP contribution is -2.55. The zero-order chi connectivity index (χ0) is 18.3. The maximum atomic E-state index is 12.3. The van der Waals surface area contributed by atoms with E-state index in [-0.39, 0.29) is 5.97 Å². The molecule has 1 atom stereocenters. The molecule has 2 aliphatic heterocycles. The van der Waals surface area contributed by atoms with E-state index in [1.54, 1.807) is 0 Å². The topological polar surface area (TPSA) is 58.6 Å². The van der Waals surface area contributed by atoms with Crippen molar-refractivity contribution in [1.82, 2.24) is 14.9 Å². The van der Waals surface area contributed by atoms with Gasteiger partial charge < -0.3 is 9.64 Å². The van der Waals surface area contributed by atoms with E-state index in [4.69, 9.17) is 9.72 Å². The molecule has 2 fully saturated rings. The van der Waals surface area contributed by atoms with E-state index >= 15 is 0 Å². The van der Waals surface area contributed by atoms with Crippen LogP contribution in [-0.4, -0.2) is 59.7 Å². The fraction of sp³-hybridized carbons (Fsp3) is 0.632. The molecule has 0 radical (unpaired) electrons.